The lowest BCUT2D eigenvalue weighted by atomic mass is 9.76. The number of rotatable bonds is 3. The van der Waals surface area contributed by atoms with Crippen molar-refractivity contribution in [3.8, 4) is 0 Å². The van der Waals surface area contributed by atoms with E-state index in [0.717, 1.165) is 18.7 Å². The Labute approximate surface area is 109 Å². The number of nitrogens with one attached hydrogen (secondary N) is 1. The molecule has 1 aliphatic carbocycles. The second-order valence-electron chi connectivity index (χ2n) is 5.82. The van der Waals surface area contributed by atoms with Crippen LogP contribution in [0.25, 0.3) is 0 Å². The maximum absolute atomic E-state index is 12.7. The molecule has 0 spiro atoms. The van der Waals surface area contributed by atoms with E-state index >= 15 is 0 Å². The van der Waals surface area contributed by atoms with Crippen LogP contribution in [0.2, 0.25) is 0 Å². The molecule has 1 saturated heterocycles. The Bertz CT molecular complexity index is 450. The summed E-state index contributed by atoms with van der Waals surface area (Å²) in [6.45, 7) is 4.00. The van der Waals surface area contributed by atoms with Gasteiger partial charge in [-0.15, -0.1) is 0 Å². The SMILES string of the molecule is CC1CNCC1C(=O)c1ccccc1C1CCC1. The Morgan fingerprint density at radius 2 is 2.00 bits per heavy atom. The number of benzene rings is 1. The first-order chi connectivity index (χ1) is 8.77. The van der Waals surface area contributed by atoms with Crippen LogP contribution in [0.5, 0.6) is 0 Å². The molecule has 1 aromatic carbocycles. The summed E-state index contributed by atoms with van der Waals surface area (Å²) in [5, 5.41) is 3.33. The first-order valence-electron chi connectivity index (χ1n) is 7.11. The van der Waals surface area contributed by atoms with Crippen molar-refractivity contribution in [3.05, 3.63) is 35.4 Å². The van der Waals surface area contributed by atoms with Crippen LogP contribution in [0.4, 0.5) is 0 Å². The average Bonchev–Trinajstić information content (AvgIpc) is 2.73. The zero-order valence-electron chi connectivity index (χ0n) is 11.0. The van der Waals surface area contributed by atoms with Crippen molar-refractivity contribution in [3.63, 3.8) is 0 Å². The highest BCUT2D eigenvalue weighted by Crippen LogP contribution is 2.38. The van der Waals surface area contributed by atoms with E-state index < -0.39 is 0 Å². The third kappa shape index (κ3) is 1.99. The summed E-state index contributed by atoms with van der Waals surface area (Å²) in [5.74, 6) is 1.63. The summed E-state index contributed by atoms with van der Waals surface area (Å²) in [5.41, 5.74) is 2.29. The second kappa shape index (κ2) is 4.85. The van der Waals surface area contributed by atoms with Crippen LogP contribution >= 0.6 is 0 Å². The Morgan fingerprint density at radius 1 is 1.22 bits per heavy atom. The Morgan fingerprint density at radius 3 is 2.61 bits per heavy atom. The molecule has 2 atom stereocenters. The van der Waals surface area contributed by atoms with Gasteiger partial charge in [-0.1, -0.05) is 37.6 Å². The fourth-order valence-corrected chi connectivity index (χ4v) is 3.16. The molecule has 0 bridgehead atoms. The highest BCUT2D eigenvalue weighted by Gasteiger charge is 2.32. The standard InChI is InChI=1S/C16H21NO/c1-11-9-17-10-15(11)16(18)14-8-3-2-7-13(14)12-5-4-6-12/h2-3,7-8,11-12,15,17H,4-6,9-10H2,1H3. The van der Waals surface area contributed by atoms with Gasteiger partial charge in [-0.05, 0) is 36.8 Å². The van der Waals surface area contributed by atoms with Crippen molar-refractivity contribution >= 4 is 5.78 Å². The van der Waals surface area contributed by atoms with Crippen molar-refractivity contribution in [2.24, 2.45) is 11.8 Å². The zero-order valence-corrected chi connectivity index (χ0v) is 11.0. The van der Waals surface area contributed by atoms with E-state index in [1.54, 1.807) is 0 Å². The van der Waals surface area contributed by atoms with E-state index in [9.17, 15) is 4.79 Å². The minimum atomic E-state index is 0.172. The van der Waals surface area contributed by atoms with Crippen LogP contribution < -0.4 is 5.32 Å². The summed E-state index contributed by atoms with van der Waals surface area (Å²) in [7, 11) is 0. The lowest BCUT2D eigenvalue weighted by molar-refractivity contribution is 0.0905. The predicted molar refractivity (Wildman–Crippen MR) is 72.9 cm³/mol. The molecule has 0 radical (unpaired) electrons. The summed E-state index contributed by atoms with van der Waals surface area (Å²) in [4.78, 5) is 12.7. The van der Waals surface area contributed by atoms with Gasteiger partial charge in [0.05, 0.1) is 0 Å². The molecule has 18 heavy (non-hydrogen) atoms. The lowest BCUT2D eigenvalue weighted by Crippen LogP contribution is -2.24. The number of carbonyl (C=O) groups is 1. The van der Waals surface area contributed by atoms with Gasteiger partial charge in [0.2, 0.25) is 0 Å². The van der Waals surface area contributed by atoms with E-state index in [1.165, 1.54) is 24.8 Å². The summed E-state index contributed by atoms with van der Waals surface area (Å²) < 4.78 is 0. The molecule has 2 nitrogen and oxygen atoms in total. The largest absolute Gasteiger partial charge is 0.316 e. The number of Topliss-reactive ketones (excluding diaryl/α,β-unsaturated/α-hetero) is 1. The quantitative estimate of drug-likeness (QED) is 0.827. The fraction of sp³-hybridized carbons (Fsp3) is 0.562. The van der Waals surface area contributed by atoms with E-state index in [4.69, 9.17) is 0 Å². The van der Waals surface area contributed by atoms with Gasteiger partial charge in [-0.25, -0.2) is 0 Å². The van der Waals surface area contributed by atoms with Crippen LogP contribution in [0, 0.1) is 11.8 Å². The summed E-state index contributed by atoms with van der Waals surface area (Å²) in [6, 6.07) is 8.26. The van der Waals surface area contributed by atoms with Gasteiger partial charge >= 0.3 is 0 Å². The molecular weight excluding hydrogens is 222 g/mol. The molecule has 1 saturated carbocycles. The topological polar surface area (TPSA) is 29.1 Å². The van der Waals surface area contributed by atoms with Crippen LogP contribution in [0.1, 0.15) is 48.0 Å². The maximum atomic E-state index is 12.7. The van der Waals surface area contributed by atoms with Crippen molar-refractivity contribution in [2.75, 3.05) is 13.1 Å². The second-order valence-corrected chi connectivity index (χ2v) is 5.82. The summed E-state index contributed by atoms with van der Waals surface area (Å²) in [6.07, 6.45) is 3.82. The van der Waals surface area contributed by atoms with Gasteiger partial charge < -0.3 is 5.32 Å². The van der Waals surface area contributed by atoms with E-state index in [-0.39, 0.29) is 5.92 Å². The zero-order chi connectivity index (χ0) is 12.5. The number of carbonyl (C=O) groups excluding carboxylic acids is 1. The summed E-state index contributed by atoms with van der Waals surface area (Å²) >= 11 is 0. The Kier molecular flexibility index (Phi) is 3.21. The van der Waals surface area contributed by atoms with Crippen LogP contribution in [-0.2, 0) is 0 Å². The van der Waals surface area contributed by atoms with Crippen LogP contribution in [-0.4, -0.2) is 18.9 Å². The minimum absolute atomic E-state index is 0.172. The molecule has 0 amide bonds. The molecular formula is C16H21NO. The molecule has 1 heterocycles. The number of ketones is 1. The van der Waals surface area contributed by atoms with Gasteiger partial charge in [0, 0.05) is 18.0 Å². The van der Waals surface area contributed by atoms with Gasteiger partial charge in [-0.2, -0.15) is 0 Å². The monoisotopic (exact) mass is 243 g/mol. The third-order valence-electron chi connectivity index (χ3n) is 4.63. The van der Waals surface area contributed by atoms with E-state index in [2.05, 4.69) is 24.4 Å². The first kappa shape index (κ1) is 11.9. The normalized spacial score (nSPS) is 28.1. The molecule has 2 unspecified atom stereocenters. The molecule has 1 aromatic rings. The van der Waals surface area contributed by atoms with Gasteiger partial charge in [-0.3, -0.25) is 4.79 Å². The highest BCUT2D eigenvalue weighted by atomic mass is 16.1. The average molecular weight is 243 g/mol. The maximum Gasteiger partial charge on any atom is 0.167 e. The van der Waals surface area contributed by atoms with Gasteiger partial charge in [0.1, 0.15) is 0 Å². The lowest BCUT2D eigenvalue weighted by Gasteiger charge is -2.28. The molecule has 1 N–H and O–H groups in total. The van der Waals surface area contributed by atoms with Crippen molar-refractivity contribution < 1.29 is 4.79 Å². The molecule has 2 heteroatoms. The third-order valence-corrected chi connectivity index (χ3v) is 4.63. The van der Waals surface area contributed by atoms with Crippen molar-refractivity contribution in [1.82, 2.24) is 5.32 Å². The van der Waals surface area contributed by atoms with Gasteiger partial charge in [0.15, 0.2) is 5.78 Å². The van der Waals surface area contributed by atoms with E-state index in [0.29, 0.717) is 17.6 Å². The molecule has 2 aliphatic rings. The number of hydrogen-bond acceptors (Lipinski definition) is 2. The van der Waals surface area contributed by atoms with Crippen LogP contribution in [0.15, 0.2) is 24.3 Å². The first-order valence-corrected chi connectivity index (χ1v) is 7.11. The predicted octanol–water partition coefficient (Wildman–Crippen LogP) is 2.99. The Hall–Kier alpha value is -1.15. The van der Waals surface area contributed by atoms with Gasteiger partial charge in [0.25, 0.3) is 0 Å². The Balaban J connectivity index is 1.88. The van der Waals surface area contributed by atoms with Crippen molar-refractivity contribution in [2.45, 2.75) is 32.1 Å². The molecule has 3 rings (SSSR count). The molecule has 2 fully saturated rings. The molecule has 1 aliphatic heterocycles. The highest BCUT2D eigenvalue weighted by molar-refractivity contribution is 5.99. The molecule has 0 aromatic heterocycles. The minimum Gasteiger partial charge on any atom is -0.316 e. The van der Waals surface area contributed by atoms with E-state index in [1.807, 2.05) is 12.1 Å². The van der Waals surface area contributed by atoms with Crippen molar-refractivity contribution in [1.29, 1.82) is 0 Å². The van der Waals surface area contributed by atoms with Crippen LogP contribution in [0.3, 0.4) is 0 Å². The smallest absolute Gasteiger partial charge is 0.167 e. The molecule has 96 valence electrons. The number of hydrogen-bond donors (Lipinski definition) is 1. The fourth-order valence-electron chi connectivity index (χ4n) is 3.16.